The third-order valence-corrected chi connectivity index (χ3v) is 3.43. The van der Waals surface area contributed by atoms with Gasteiger partial charge in [-0.05, 0) is 49.2 Å². The predicted molar refractivity (Wildman–Crippen MR) is 77.6 cm³/mol. The van der Waals surface area contributed by atoms with E-state index in [1.807, 2.05) is 32.0 Å². The molecular weight excluding hydrogens is 262 g/mol. The van der Waals surface area contributed by atoms with Crippen molar-refractivity contribution in [2.24, 2.45) is 0 Å². The number of anilines is 2. The lowest BCUT2D eigenvalue weighted by Crippen LogP contribution is -2.00. The molecule has 0 saturated carbocycles. The van der Waals surface area contributed by atoms with Crippen molar-refractivity contribution < 1.29 is 9.90 Å². The van der Waals surface area contributed by atoms with Crippen LogP contribution >= 0.6 is 11.6 Å². The molecule has 0 fully saturated rings. The fraction of sp³-hybridized carbons (Fsp3) is 0.133. The maximum absolute atomic E-state index is 11.0. The largest absolute Gasteiger partial charge is 0.478 e. The van der Waals surface area contributed by atoms with Gasteiger partial charge < -0.3 is 10.4 Å². The summed E-state index contributed by atoms with van der Waals surface area (Å²) in [4.78, 5) is 11.0. The average Bonchev–Trinajstić information content (AvgIpc) is 2.37. The summed E-state index contributed by atoms with van der Waals surface area (Å²) in [5.74, 6) is -0.939. The molecule has 19 heavy (non-hydrogen) atoms. The van der Waals surface area contributed by atoms with Crippen LogP contribution in [0, 0.1) is 13.8 Å². The average molecular weight is 276 g/mol. The summed E-state index contributed by atoms with van der Waals surface area (Å²) in [5, 5.41) is 12.9. The molecule has 0 saturated heterocycles. The Balaban J connectivity index is 2.40. The second-order valence-electron chi connectivity index (χ2n) is 4.37. The van der Waals surface area contributed by atoms with Crippen molar-refractivity contribution >= 4 is 28.9 Å². The van der Waals surface area contributed by atoms with E-state index in [1.165, 1.54) is 0 Å². The number of carboxylic acid groups (broad SMARTS) is 1. The van der Waals surface area contributed by atoms with Crippen molar-refractivity contribution in [3.63, 3.8) is 0 Å². The van der Waals surface area contributed by atoms with Crippen LogP contribution in [0.15, 0.2) is 36.4 Å². The van der Waals surface area contributed by atoms with Gasteiger partial charge in [0.15, 0.2) is 0 Å². The van der Waals surface area contributed by atoms with Crippen molar-refractivity contribution in [2.75, 3.05) is 5.32 Å². The number of aryl methyl sites for hydroxylation is 1. The standard InChI is InChI=1S/C15H14ClNO2/c1-9-6-7-11(15(18)19)8-14(9)17-13-5-3-4-12(16)10(13)2/h3-8,17H,1-2H3,(H,18,19). The Kier molecular flexibility index (Phi) is 3.76. The van der Waals surface area contributed by atoms with Gasteiger partial charge in [-0.15, -0.1) is 0 Å². The molecule has 0 spiro atoms. The normalized spacial score (nSPS) is 10.3. The third-order valence-electron chi connectivity index (χ3n) is 3.02. The number of hydrogen-bond donors (Lipinski definition) is 2. The first-order valence-electron chi connectivity index (χ1n) is 5.85. The first kappa shape index (κ1) is 13.4. The van der Waals surface area contributed by atoms with Crippen molar-refractivity contribution in [1.82, 2.24) is 0 Å². The summed E-state index contributed by atoms with van der Waals surface area (Å²) in [6, 6.07) is 10.6. The Hall–Kier alpha value is -2.00. The minimum Gasteiger partial charge on any atom is -0.478 e. The molecule has 0 bridgehead atoms. The molecule has 2 rings (SSSR count). The van der Waals surface area contributed by atoms with Crippen LogP contribution in [-0.4, -0.2) is 11.1 Å². The summed E-state index contributed by atoms with van der Waals surface area (Å²) in [6.07, 6.45) is 0. The summed E-state index contributed by atoms with van der Waals surface area (Å²) in [7, 11) is 0. The molecule has 0 aliphatic rings. The van der Waals surface area contributed by atoms with E-state index in [0.29, 0.717) is 5.02 Å². The topological polar surface area (TPSA) is 49.3 Å². The van der Waals surface area contributed by atoms with Gasteiger partial charge in [0, 0.05) is 16.4 Å². The summed E-state index contributed by atoms with van der Waals surface area (Å²) in [6.45, 7) is 3.84. The van der Waals surface area contributed by atoms with Crippen LogP contribution in [0.25, 0.3) is 0 Å². The highest BCUT2D eigenvalue weighted by Crippen LogP contribution is 2.28. The Morgan fingerprint density at radius 1 is 1.16 bits per heavy atom. The summed E-state index contributed by atoms with van der Waals surface area (Å²) >= 11 is 6.07. The zero-order chi connectivity index (χ0) is 14.0. The number of hydrogen-bond acceptors (Lipinski definition) is 2. The zero-order valence-corrected chi connectivity index (χ0v) is 11.5. The number of benzene rings is 2. The Labute approximate surface area is 116 Å². The van der Waals surface area contributed by atoms with E-state index in [9.17, 15) is 4.79 Å². The van der Waals surface area contributed by atoms with Crippen molar-refractivity contribution in [1.29, 1.82) is 0 Å². The summed E-state index contributed by atoms with van der Waals surface area (Å²) < 4.78 is 0. The number of halogens is 1. The number of nitrogens with one attached hydrogen (secondary N) is 1. The van der Waals surface area contributed by atoms with Gasteiger partial charge >= 0.3 is 5.97 Å². The lowest BCUT2D eigenvalue weighted by Gasteiger charge is -2.13. The molecule has 0 radical (unpaired) electrons. The molecule has 0 aliphatic heterocycles. The number of rotatable bonds is 3. The highest BCUT2D eigenvalue weighted by atomic mass is 35.5. The molecule has 0 unspecified atom stereocenters. The van der Waals surface area contributed by atoms with Gasteiger partial charge in [-0.1, -0.05) is 23.7 Å². The van der Waals surface area contributed by atoms with Crippen LogP contribution in [0.2, 0.25) is 5.02 Å². The number of carbonyl (C=O) groups is 1. The first-order chi connectivity index (χ1) is 8.99. The quantitative estimate of drug-likeness (QED) is 0.873. The molecule has 2 aromatic rings. The molecule has 0 heterocycles. The van der Waals surface area contributed by atoms with E-state index in [-0.39, 0.29) is 5.56 Å². The predicted octanol–water partition coefficient (Wildman–Crippen LogP) is 4.40. The fourth-order valence-electron chi connectivity index (χ4n) is 1.78. The first-order valence-corrected chi connectivity index (χ1v) is 6.23. The lowest BCUT2D eigenvalue weighted by molar-refractivity contribution is 0.0697. The number of aromatic carboxylic acids is 1. The smallest absolute Gasteiger partial charge is 0.335 e. The lowest BCUT2D eigenvalue weighted by atomic mass is 10.1. The molecule has 2 N–H and O–H groups in total. The van der Waals surface area contributed by atoms with Gasteiger partial charge in [0.1, 0.15) is 0 Å². The third kappa shape index (κ3) is 2.88. The van der Waals surface area contributed by atoms with E-state index < -0.39 is 5.97 Å². The monoisotopic (exact) mass is 275 g/mol. The highest BCUT2D eigenvalue weighted by molar-refractivity contribution is 6.31. The molecule has 2 aromatic carbocycles. The van der Waals surface area contributed by atoms with E-state index in [2.05, 4.69) is 5.32 Å². The fourth-order valence-corrected chi connectivity index (χ4v) is 1.95. The SMILES string of the molecule is Cc1ccc(C(=O)O)cc1Nc1cccc(Cl)c1C. The number of carboxylic acids is 1. The Morgan fingerprint density at radius 2 is 1.89 bits per heavy atom. The van der Waals surface area contributed by atoms with Gasteiger partial charge in [0.05, 0.1) is 5.56 Å². The van der Waals surface area contributed by atoms with Gasteiger partial charge in [-0.25, -0.2) is 4.79 Å². The minimum absolute atomic E-state index is 0.257. The molecule has 98 valence electrons. The van der Waals surface area contributed by atoms with Crippen LogP contribution < -0.4 is 5.32 Å². The molecule has 0 aliphatic carbocycles. The van der Waals surface area contributed by atoms with Crippen LogP contribution in [0.5, 0.6) is 0 Å². The Morgan fingerprint density at radius 3 is 2.58 bits per heavy atom. The molecule has 0 atom stereocenters. The molecule has 0 aromatic heterocycles. The van der Waals surface area contributed by atoms with Crippen LogP contribution in [0.3, 0.4) is 0 Å². The Bertz CT molecular complexity index is 638. The molecular formula is C15H14ClNO2. The van der Waals surface area contributed by atoms with Crippen LogP contribution in [0.4, 0.5) is 11.4 Å². The van der Waals surface area contributed by atoms with Crippen molar-refractivity contribution in [3.05, 3.63) is 58.1 Å². The summed E-state index contributed by atoms with van der Waals surface area (Å²) in [5.41, 5.74) is 3.81. The maximum Gasteiger partial charge on any atom is 0.335 e. The second-order valence-corrected chi connectivity index (χ2v) is 4.78. The van der Waals surface area contributed by atoms with Crippen LogP contribution in [0.1, 0.15) is 21.5 Å². The minimum atomic E-state index is -0.939. The highest BCUT2D eigenvalue weighted by Gasteiger charge is 2.08. The second kappa shape index (κ2) is 5.33. The van der Waals surface area contributed by atoms with Gasteiger partial charge in [0.2, 0.25) is 0 Å². The molecule has 0 amide bonds. The van der Waals surface area contributed by atoms with Gasteiger partial charge in [-0.2, -0.15) is 0 Å². The van der Waals surface area contributed by atoms with Gasteiger partial charge in [-0.3, -0.25) is 0 Å². The van der Waals surface area contributed by atoms with E-state index in [4.69, 9.17) is 16.7 Å². The van der Waals surface area contributed by atoms with Crippen molar-refractivity contribution in [2.45, 2.75) is 13.8 Å². The molecule has 4 heteroatoms. The van der Waals surface area contributed by atoms with Gasteiger partial charge in [0.25, 0.3) is 0 Å². The van der Waals surface area contributed by atoms with Crippen molar-refractivity contribution in [3.8, 4) is 0 Å². The van der Waals surface area contributed by atoms with Crippen LogP contribution in [-0.2, 0) is 0 Å². The maximum atomic E-state index is 11.0. The van der Waals surface area contributed by atoms with E-state index >= 15 is 0 Å². The van der Waals surface area contributed by atoms with E-state index in [1.54, 1.807) is 18.2 Å². The zero-order valence-electron chi connectivity index (χ0n) is 10.7. The molecule has 3 nitrogen and oxygen atoms in total. The van der Waals surface area contributed by atoms with E-state index in [0.717, 1.165) is 22.5 Å².